The SMILES string of the molecule is COC(=O)c1cnc(N[C@H](C)c2cc(C)sc2C)c(S(=O)(=O)N2CCOCC2)c1. The summed E-state index contributed by atoms with van der Waals surface area (Å²) in [4.78, 5) is 18.5. The van der Waals surface area contributed by atoms with Gasteiger partial charge < -0.3 is 14.8 Å². The molecular weight excluding hydrogens is 414 g/mol. The van der Waals surface area contributed by atoms with E-state index in [1.807, 2.05) is 20.8 Å². The Morgan fingerprint density at radius 1 is 1.31 bits per heavy atom. The molecule has 3 rings (SSSR count). The summed E-state index contributed by atoms with van der Waals surface area (Å²) in [6.45, 7) is 7.18. The van der Waals surface area contributed by atoms with E-state index in [-0.39, 0.29) is 35.4 Å². The Morgan fingerprint density at radius 3 is 2.59 bits per heavy atom. The number of thiophene rings is 1. The number of nitrogens with one attached hydrogen (secondary N) is 1. The predicted molar refractivity (Wildman–Crippen MR) is 111 cm³/mol. The molecule has 2 aromatic heterocycles. The van der Waals surface area contributed by atoms with E-state index < -0.39 is 16.0 Å². The number of aryl methyl sites for hydroxylation is 2. The zero-order valence-electron chi connectivity index (χ0n) is 16.9. The highest BCUT2D eigenvalue weighted by Crippen LogP contribution is 2.31. The number of ether oxygens (including phenoxy) is 2. The van der Waals surface area contributed by atoms with Crippen molar-refractivity contribution < 1.29 is 22.7 Å². The maximum atomic E-state index is 13.3. The van der Waals surface area contributed by atoms with E-state index in [9.17, 15) is 13.2 Å². The average molecular weight is 440 g/mol. The topological polar surface area (TPSA) is 97.8 Å². The molecule has 0 amide bonds. The van der Waals surface area contributed by atoms with E-state index in [2.05, 4.69) is 16.4 Å². The van der Waals surface area contributed by atoms with Crippen molar-refractivity contribution in [2.45, 2.75) is 31.7 Å². The molecule has 0 radical (unpaired) electrons. The third-order valence-corrected chi connectivity index (χ3v) is 7.65. The summed E-state index contributed by atoms with van der Waals surface area (Å²) in [6.07, 6.45) is 1.32. The zero-order chi connectivity index (χ0) is 21.2. The van der Waals surface area contributed by atoms with Gasteiger partial charge in [-0.15, -0.1) is 11.3 Å². The number of morpholine rings is 1. The third-order valence-electron chi connectivity index (χ3n) is 4.76. The molecule has 0 aliphatic carbocycles. The van der Waals surface area contributed by atoms with Crippen molar-refractivity contribution in [3.63, 3.8) is 0 Å². The summed E-state index contributed by atoms with van der Waals surface area (Å²) >= 11 is 1.69. The minimum absolute atomic E-state index is 0.0428. The van der Waals surface area contributed by atoms with Crippen LogP contribution in [-0.2, 0) is 19.5 Å². The largest absolute Gasteiger partial charge is 0.465 e. The van der Waals surface area contributed by atoms with Crippen LogP contribution in [0.2, 0.25) is 0 Å². The minimum atomic E-state index is -3.87. The van der Waals surface area contributed by atoms with Gasteiger partial charge in [-0.25, -0.2) is 18.2 Å². The van der Waals surface area contributed by atoms with Crippen LogP contribution >= 0.6 is 11.3 Å². The lowest BCUT2D eigenvalue weighted by molar-refractivity contribution is 0.0600. The van der Waals surface area contributed by atoms with Crippen LogP contribution in [0.15, 0.2) is 23.2 Å². The van der Waals surface area contributed by atoms with Crippen LogP contribution in [0.5, 0.6) is 0 Å². The van der Waals surface area contributed by atoms with Crippen molar-refractivity contribution in [3.05, 3.63) is 39.2 Å². The summed E-state index contributed by atoms with van der Waals surface area (Å²) in [5.74, 6) is -0.431. The predicted octanol–water partition coefficient (Wildman–Crippen LogP) is 2.74. The van der Waals surface area contributed by atoms with Crippen molar-refractivity contribution in [2.24, 2.45) is 0 Å². The number of hydrogen-bond donors (Lipinski definition) is 1. The fourth-order valence-corrected chi connectivity index (χ4v) is 5.83. The molecular formula is C19H25N3O5S2. The standard InChI is InChI=1S/C19H25N3O5S2/c1-12-9-16(14(3)28-12)13(2)21-18-17(10-15(11-20-18)19(23)26-4)29(24,25)22-5-7-27-8-6-22/h9-11,13H,5-8H2,1-4H3,(H,20,21)/t13-/m1/s1. The lowest BCUT2D eigenvalue weighted by Crippen LogP contribution is -2.41. The van der Waals surface area contributed by atoms with Gasteiger partial charge in [-0.1, -0.05) is 0 Å². The molecule has 0 unspecified atom stereocenters. The molecule has 1 fully saturated rings. The van der Waals surface area contributed by atoms with Crippen molar-refractivity contribution in [1.29, 1.82) is 0 Å². The quantitative estimate of drug-likeness (QED) is 0.691. The Kier molecular flexibility index (Phi) is 6.57. The highest BCUT2D eigenvalue weighted by atomic mass is 32.2. The molecule has 1 aliphatic heterocycles. The number of aromatic nitrogens is 1. The number of sulfonamides is 1. The first-order valence-corrected chi connectivity index (χ1v) is 11.5. The third kappa shape index (κ3) is 4.61. The molecule has 0 saturated carbocycles. The highest BCUT2D eigenvalue weighted by Gasteiger charge is 2.31. The van der Waals surface area contributed by atoms with Gasteiger partial charge in [-0.2, -0.15) is 4.31 Å². The molecule has 0 bridgehead atoms. The summed E-state index contributed by atoms with van der Waals surface area (Å²) in [6, 6.07) is 3.25. The molecule has 1 saturated heterocycles. The van der Waals surface area contributed by atoms with Crippen LogP contribution < -0.4 is 5.32 Å². The van der Waals surface area contributed by atoms with Gasteiger partial charge in [0.1, 0.15) is 10.7 Å². The van der Waals surface area contributed by atoms with Gasteiger partial charge in [0, 0.05) is 29.0 Å². The van der Waals surface area contributed by atoms with Crippen molar-refractivity contribution in [3.8, 4) is 0 Å². The van der Waals surface area contributed by atoms with Gasteiger partial charge in [0.15, 0.2) is 0 Å². The Balaban J connectivity index is 2.01. The number of anilines is 1. The van der Waals surface area contributed by atoms with Crippen LogP contribution in [-0.4, -0.2) is 57.1 Å². The summed E-state index contributed by atoms with van der Waals surface area (Å²) in [5, 5.41) is 3.22. The van der Waals surface area contributed by atoms with Crippen LogP contribution in [0, 0.1) is 13.8 Å². The maximum Gasteiger partial charge on any atom is 0.339 e. The molecule has 0 aromatic carbocycles. The first-order chi connectivity index (χ1) is 13.7. The fourth-order valence-electron chi connectivity index (χ4n) is 3.27. The Bertz CT molecular complexity index is 997. The average Bonchev–Trinajstić information content (AvgIpc) is 3.06. The van der Waals surface area contributed by atoms with Gasteiger partial charge in [0.05, 0.1) is 31.9 Å². The van der Waals surface area contributed by atoms with Crippen LogP contribution in [0.1, 0.15) is 38.6 Å². The first-order valence-electron chi connectivity index (χ1n) is 9.23. The number of carbonyl (C=O) groups is 1. The van der Waals surface area contributed by atoms with Crippen LogP contribution in [0.4, 0.5) is 5.82 Å². The van der Waals surface area contributed by atoms with Gasteiger partial charge in [-0.05, 0) is 38.5 Å². The first kappa shape index (κ1) is 21.7. The second-order valence-corrected chi connectivity index (χ2v) is 10.2. The van der Waals surface area contributed by atoms with Crippen molar-refractivity contribution in [1.82, 2.24) is 9.29 Å². The van der Waals surface area contributed by atoms with E-state index in [1.165, 1.54) is 28.6 Å². The second kappa shape index (κ2) is 8.78. The number of nitrogens with zero attached hydrogens (tertiary/aromatic N) is 2. The number of rotatable bonds is 6. The maximum absolute atomic E-state index is 13.3. The van der Waals surface area contributed by atoms with Crippen LogP contribution in [0.3, 0.4) is 0 Å². The lowest BCUT2D eigenvalue weighted by Gasteiger charge is -2.27. The monoisotopic (exact) mass is 439 g/mol. The van der Waals surface area contributed by atoms with Crippen LogP contribution in [0.25, 0.3) is 0 Å². The summed E-state index contributed by atoms with van der Waals surface area (Å²) in [7, 11) is -2.62. The Labute approximate surface area is 174 Å². The van der Waals surface area contributed by atoms with Gasteiger partial charge in [0.2, 0.25) is 10.0 Å². The molecule has 3 heterocycles. The van der Waals surface area contributed by atoms with E-state index >= 15 is 0 Å². The number of methoxy groups -OCH3 is 1. The van der Waals surface area contributed by atoms with Gasteiger partial charge >= 0.3 is 5.97 Å². The van der Waals surface area contributed by atoms with Gasteiger partial charge in [-0.3, -0.25) is 0 Å². The van der Waals surface area contributed by atoms with Crippen molar-refractivity contribution in [2.75, 3.05) is 38.7 Å². The minimum Gasteiger partial charge on any atom is -0.465 e. The summed E-state index contributed by atoms with van der Waals surface area (Å²) < 4.78 is 38.0. The molecule has 8 nitrogen and oxygen atoms in total. The normalized spacial score (nSPS) is 16.4. The fraction of sp³-hybridized carbons (Fsp3) is 0.474. The summed E-state index contributed by atoms with van der Waals surface area (Å²) in [5.41, 5.74) is 1.17. The van der Waals surface area contributed by atoms with E-state index in [0.29, 0.717) is 13.2 Å². The highest BCUT2D eigenvalue weighted by molar-refractivity contribution is 7.89. The number of pyridine rings is 1. The molecule has 1 atom stereocenters. The lowest BCUT2D eigenvalue weighted by atomic mass is 10.1. The Morgan fingerprint density at radius 2 is 2.00 bits per heavy atom. The van der Waals surface area contributed by atoms with E-state index in [1.54, 1.807) is 11.3 Å². The number of esters is 1. The molecule has 2 aromatic rings. The molecule has 158 valence electrons. The second-order valence-electron chi connectivity index (χ2n) is 6.81. The smallest absolute Gasteiger partial charge is 0.339 e. The van der Waals surface area contributed by atoms with E-state index in [4.69, 9.17) is 9.47 Å². The number of hydrogen-bond acceptors (Lipinski definition) is 8. The molecule has 29 heavy (non-hydrogen) atoms. The number of carbonyl (C=O) groups excluding carboxylic acids is 1. The Hall–Kier alpha value is -2.01. The van der Waals surface area contributed by atoms with E-state index in [0.717, 1.165) is 10.4 Å². The molecule has 1 aliphatic rings. The zero-order valence-corrected chi connectivity index (χ0v) is 18.5. The molecule has 0 spiro atoms. The molecule has 10 heteroatoms. The van der Waals surface area contributed by atoms with Crippen molar-refractivity contribution >= 4 is 33.1 Å². The molecule has 1 N–H and O–H groups in total. The van der Waals surface area contributed by atoms with Gasteiger partial charge in [0.25, 0.3) is 0 Å².